The Bertz CT molecular complexity index is 407. The molecule has 14 heavy (non-hydrogen) atoms. The van der Waals surface area contributed by atoms with Crippen LogP contribution in [0.25, 0.3) is 0 Å². The summed E-state index contributed by atoms with van der Waals surface area (Å²) in [6.45, 7) is 1.59. The first-order valence-electron chi connectivity index (χ1n) is 3.79. The van der Waals surface area contributed by atoms with Gasteiger partial charge in [0.05, 0.1) is 10.7 Å². The fourth-order valence-corrected chi connectivity index (χ4v) is 1.20. The van der Waals surface area contributed by atoms with E-state index in [1.54, 1.807) is 25.1 Å². The zero-order chi connectivity index (χ0) is 10.6. The van der Waals surface area contributed by atoms with Gasteiger partial charge in [0, 0.05) is 5.02 Å². The van der Waals surface area contributed by atoms with E-state index in [0.29, 0.717) is 21.4 Å². The van der Waals surface area contributed by atoms with Gasteiger partial charge in [-0.2, -0.15) is 10.4 Å². The summed E-state index contributed by atoms with van der Waals surface area (Å²) in [6, 6.07) is 6.87. The highest BCUT2D eigenvalue weighted by Gasteiger charge is 1.99. The molecule has 0 unspecified atom stereocenters. The Morgan fingerprint density at radius 3 is 2.79 bits per heavy atom. The maximum atomic E-state index is 8.45. The molecular formula is C9H7Cl2N3. The maximum absolute atomic E-state index is 8.45. The second-order valence-electron chi connectivity index (χ2n) is 2.54. The van der Waals surface area contributed by atoms with Gasteiger partial charge >= 0.3 is 0 Å². The molecule has 1 rings (SSSR count). The normalized spacial score (nSPS) is 10.9. The van der Waals surface area contributed by atoms with Gasteiger partial charge in [-0.1, -0.05) is 23.2 Å². The Morgan fingerprint density at radius 2 is 2.21 bits per heavy atom. The molecule has 0 amide bonds. The highest BCUT2D eigenvalue weighted by atomic mass is 35.5. The molecule has 1 aromatic carbocycles. The molecule has 0 atom stereocenters. The van der Waals surface area contributed by atoms with E-state index in [9.17, 15) is 0 Å². The number of hydrazone groups is 1. The van der Waals surface area contributed by atoms with Crippen LogP contribution in [0.5, 0.6) is 0 Å². The molecule has 5 heteroatoms. The lowest BCUT2D eigenvalue weighted by molar-refractivity contribution is 1.33. The lowest BCUT2D eigenvalue weighted by Crippen LogP contribution is -1.94. The molecule has 1 aromatic rings. The second-order valence-corrected chi connectivity index (χ2v) is 3.39. The van der Waals surface area contributed by atoms with Gasteiger partial charge in [0.2, 0.25) is 0 Å². The minimum absolute atomic E-state index is 0.330. The highest BCUT2D eigenvalue weighted by molar-refractivity contribution is 6.36. The summed E-state index contributed by atoms with van der Waals surface area (Å²) < 4.78 is 0. The van der Waals surface area contributed by atoms with Crippen molar-refractivity contribution in [2.24, 2.45) is 5.10 Å². The van der Waals surface area contributed by atoms with Gasteiger partial charge in [-0.05, 0) is 25.1 Å². The van der Waals surface area contributed by atoms with Crippen molar-refractivity contribution in [3.8, 4) is 6.07 Å². The standard InChI is InChI=1S/C9H7Cl2N3/c1-6(5-12)13-14-9-3-2-7(10)4-8(9)11/h2-4,14H,1H3. The Morgan fingerprint density at radius 1 is 1.50 bits per heavy atom. The van der Waals surface area contributed by atoms with Crippen LogP contribution in [0.1, 0.15) is 6.92 Å². The number of nitrogens with zero attached hydrogens (tertiary/aromatic N) is 2. The molecule has 0 aromatic heterocycles. The number of hydrogen-bond acceptors (Lipinski definition) is 3. The molecule has 0 aliphatic carbocycles. The number of hydrogen-bond donors (Lipinski definition) is 1. The van der Waals surface area contributed by atoms with Crippen LogP contribution < -0.4 is 5.43 Å². The van der Waals surface area contributed by atoms with Gasteiger partial charge in [-0.25, -0.2) is 0 Å². The minimum atomic E-state index is 0.330. The van der Waals surface area contributed by atoms with E-state index in [0.717, 1.165) is 0 Å². The first-order chi connectivity index (χ1) is 6.63. The highest BCUT2D eigenvalue weighted by Crippen LogP contribution is 2.25. The zero-order valence-corrected chi connectivity index (χ0v) is 8.89. The fraction of sp³-hybridized carbons (Fsp3) is 0.111. The summed E-state index contributed by atoms with van der Waals surface area (Å²) in [7, 11) is 0. The largest absolute Gasteiger partial charge is 0.276 e. The van der Waals surface area contributed by atoms with Crippen LogP contribution in [0.2, 0.25) is 10.0 Å². The zero-order valence-electron chi connectivity index (χ0n) is 7.38. The predicted octanol–water partition coefficient (Wildman–Crippen LogP) is 3.30. The quantitative estimate of drug-likeness (QED) is 0.623. The summed E-state index contributed by atoms with van der Waals surface area (Å²) in [6.07, 6.45) is 0. The smallest absolute Gasteiger partial charge is 0.134 e. The molecular weight excluding hydrogens is 221 g/mol. The summed E-state index contributed by atoms with van der Waals surface area (Å²) >= 11 is 11.6. The number of rotatable bonds is 2. The Hall–Kier alpha value is -1.24. The molecule has 0 saturated carbocycles. The van der Waals surface area contributed by atoms with Crippen LogP contribution in [-0.4, -0.2) is 5.71 Å². The third-order valence-corrected chi connectivity index (χ3v) is 1.98. The van der Waals surface area contributed by atoms with Crippen molar-refractivity contribution in [1.29, 1.82) is 5.26 Å². The van der Waals surface area contributed by atoms with Crippen molar-refractivity contribution in [1.82, 2.24) is 0 Å². The number of nitriles is 1. The van der Waals surface area contributed by atoms with Gasteiger partial charge in [0.1, 0.15) is 11.8 Å². The first kappa shape index (κ1) is 10.8. The van der Waals surface area contributed by atoms with Crippen molar-refractivity contribution in [3.63, 3.8) is 0 Å². The summed E-state index contributed by atoms with van der Waals surface area (Å²) in [5, 5.41) is 13.3. The van der Waals surface area contributed by atoms with Crippen LogP contribution >= 0.6 is 23.2 Å². The third kappa shape index (κ3) is 2.91. The minimum Gasteiger partial charge on any atom is -0.276 e. The van der Waals surface area contributed by atoms with E-state index in [1.165, 1.54) is 0 Å². The molecule has 72 valence electrons. The number of anilines is 1. The van der Waals surface area contributed by atoms with Crippen molar-refractivity contribution in [3.05, 3.63) is 28.2 Å². The van der Waals surface area contributed by atoms with Crippen molar-refractivity contribution in [2.45, 2.75) is 6.92 Å². The van der Waals surface area contributed by atoms with Crippen molar-refractivity contribution in [2.75, 3.05) is 5.43 Å². The molecule has 1 N–H and O–H groups in total. The molecule has 0 saturated heterocycles. The second kappa shape index (κ2) is 4.85. The van der Waals surface area contributed by atoms with Crippen molar-refractivity contribution >= 4 is 34.6 Å². The van der Waals surface area contributed by atoms with Crippen molar-refractivity contribution < 1.29 is 0 Å². The summed E-state index contributed by atoms with van der Waals surface area (Å²) in [5.41, 5.74) is 3.61. The van der Waals surface area contributed by atoms with Crippen LogP contribution in [0.4, 0.5) is 5.69 Å². The molecule has 0 aliphatic heterocycles. The summed E-state index contributed by atoms with van der Waals surface area (Å²) in [4.78, 5) is 0. The van der Waals surface area contributed by atoms with Crippen LogP contribution in [-0.2, 0) is 0 Å². The Kier molecular flexibility index (Phi) is 3.75. The van der Waals surface area contributed by atoms with Crippen LogP contribution in [0.3, 0.4) is 0 Å². The average Bonchev–Trinajstić information content (AvgIpc) is 2.16. The molecule has 0 fully saturated rings. The number of nitrogens with one attached hydrogen (secondary N) is 1. The SMILES string of the molecule is CC(C#N)=NNc1ccc(Cl)cc1Cl. The average molecular weight is 228 g/mol. The van der Waals surface area contributed by atoms with E-state index < -0.39 is 0 Å². The monoisotopic (exact) mass is 227 g/mol. The van der Waals surface area contributed by atoms with Gasteiger partial charge in [0.15, 0.2) is 0 Å². The lowest BCUT2D eigenvalue weighted by atomic mass is 10.3. The van der Waals surface area contributed by atoms with Crippen LogP contribution in [0.15, 0.2) is 23.3 Å². The maximum Gasteiger partial charge on any atom is 0.134 e. The Labute approximate surface area is 91.9 Å². The third-order valence-electron chi connectivity index (χ3n) is 1.44. The van der Waals surface area contributed by atoms with E-state index >= 15 is 0 Å². The fourth-order valence-electron chi connectivity index (χ4n) is 0.749. The first-order valence-corrected chi connectivity index (χ1v) is 4.54. The van der Waals surface area contributed by atoms with Gasteiger partial charge in [-0.15, -0.1) is 0 Å². The van der Waals surface area contributed by atoms with E-state index in [-0.39, 0.29) is 0 Å². The van der Waals surface area contributed by atoms with Crippen LogP contribution in [0, 0.1) is 11.3 Å². The lowest BCUT2D eigenvalue weighted by Gasteiger charge is -2.02. The Balaban J connectivity index is 2.84. The van der Waals surface area contributed by atoms with Gasteiger partial charge in [-0.3, -0.25) is 5.43 Å². The molecule has 0 radical (unpaired) electrons. The van der Waals surface area contributed by atoms with Gasteiger partial charge in [0.25, 0.3) is 0 Å². The number of halogens is 2. The molecule has 3 nitrogen and oxygen atoms in total. The van der Waals surface area contributed by atoms with Gasteiger partial charge < -0.3 is 0 Å². The van der Waals surface area contributed by atoms with E-state index in [1.807, 2.05) is 6.07 Å². The van der Waals surface area contributed by atoms with E-state index in [2.05, 4.69) is 10.5 Å². The molecule has 0 bridgehead atoms. The number of benzene rings is 1. The topological polar surface area (TPSA) is 48.2 Å². The van der Waals surface area contributed by atoms with E-state index in [4.69, 9.17) is 28.5 Å². The molecule has 0 aliphatic rings. The molecule has 0 heterocycles. The summed E-state index contributed by atoms with van der Waals surface area (Å²) in [5.74, 6) is 0. The molecule has 0 spiro atoms. The predicted molar refractivity (Wildman–Crippen MR) is 58.8 cm³/mol.